The highest BCUT2D eigenvalue weighted by molar-refractivity contribution is 6.21. The Labute approximate surface area is 88.9 Å². The van der Waals surface area contributed by atoms with Crippen molar-refractivity contribution in [3.63, 3.8) is 0 Å². The van der Waals surface area contributed by atoms with Crippen LogP contribution >= 0.6 is 11.6 Å². The maximum Gasteiger partial charge on any atom is 0.222 e. The van der Waals surface area contributed by atoms with Gasteiger partial charge in [0.15, 0.2) is 0 Å². The molecule has 0 saturated heterocycles. The first-order valence-corrected chi connectivity index (χ1v) is 5.35. The molecule has 1 fully saturated rings. The number of anilines is 1. The van der Waals surface area contributed by atoms with Crippen LogP contribution in [-0.2, 0) is 0 Å². The zero-order valence-corrected chi connectivity index (χ0v) is 8.96. The zero-order valence-electron chi connectivity index (χ0n) is 8.20. The normalized spacial score (nSPS) is 25.6. The van der Waals surface area contributed by atoms with Crippen LogP contribution in [0.25, 0.3) is 0 Å². The highest BCUT2D eigenvalue weighted by Gasteiger charge is 2.26. The summed E-state index contributed by atoms with van der Waals surface area (Å²) in [5.41, 5.74) is 0.992. The number of rotatable bonds is 3. The lowest BCUT2D eigenvalue weighted by molar-refractivity contribution is 0.341. The Hall–Kier alpha value is -0.830. The van der Waals surface area contributed by atoms with Crippen LogP contribution in [0.5, 0.6) is 0 Å². The number of hydrogen-bond acceptors (Lipinski definition) is 3. The van der Waals surface area contributed by atoms with Crippen molar-refractivity contribution in [2.24, 2.45) is 5.92 Å². The number of halogens is 1. The second kappa shape index (κ2) is 4.13. The quantitative estimate of drug-likeness (QED) is 0.780. The van der Waals surface area contributed by atoms with E-state index in [9.17, 15) is 0 Å². The van der Waals surface area contributed by atoms with Gasteiger partial charge in [-0.3, -0.25) is 0 Å². The Morgan fingerprint density at radius 2 is 2.36 bits per heavy atom. The van der Waals surface area contributed by atoms with Crippen molar-refractivity contribution >= 4 is 17.5 Å². The van der Waals surface area contributed by atoms with Crippen LogP contribution < -0.4 is 5.32 Å². The molecule has 1 aliphatic rings. The van der Waals surface area contributed by atoms with Gasteiger partial charge in [0.05, 0.1) is 0 Å². The first-order valence-electron chi connectivity index (χ1n) is 4.91. The molecule has 1 aromatic rings. The predicted octanol–water partition coefficient (Wildman–Crippen LogP) is 2.21. The van der Waals surface area contributed by atoms with Gasteiger partial charge in [-0.1, -0.05) is 0 Å². The summed E-state index contributed by atoms with van der Waals surface area (Å²) in [4.78, 5) is 8.40. The lowest BCUT2D eigenvalue weighted by Gasteiger charge is -2.30. The Morgan fingerprint density at radius 1 is 1.57 bits per heavy atom. The van der Waals surface area contributed by atoms with Crippen LogP contribution in [0.2, 0.25) is 0 Å². The molecule has 0 bridgehead atoms. The van der Waals surface area contributed by atoms with Crippen LogP contribution in [0.1, 0.15) is 18.5 Å². The van der Waals surface area contributed by atoms with Gasteiger partial charge < -0.3 is 5.32 Å². The van der Waals surface area contributed by atoms with Crippen LogP contribution in [0.3, 0.4) is 0 Å². The van der Waals surface area contributed by atoms with E-state index in [0.29, 0.717) is 11.3 Å². The Balaban J connectivity index is 1.80. The molecule has 3 nitrogen and oxygen atoms in total. The molecule has 0 spiro atoms. The summed E-state index contributed by atoms with van der Waals surface area (Å²) < 4.78 is 0. The first-order chi connectivity index (χ1) is 6.74. The van der Waals surface area contributed by atoms with Crippen molar-refractivity contribution < 1.29 is 0 Å². The first kappa shape index (κ1) is 9.71. The summed E-state index contributed by atoms with van der Waals surface area (Å²) in [5, 5.41) is 3.62. The van der Waals surface area contributed by atoms with Crippen molar-refractivity contribution in [1.82, 2.24) is 9.97 Å². The monoisotopic (exact) mass is 211 g/mol. The van der Waals surface area contributed by atoms with Crippen molar-refractivity contribution in [2.45, 2.75) is 25.1 Å². The molecule has 14 heavy (non-hydrogen) atoms. The summed E-state index contributed by atoms with van der Waals surface area (Å²) in [6.07, 6.45) is 4.00. The highest BCUT2D eigenvalue weighted by atomic mass is 35.5. The zero-order chi connectivity index (χ0) is 9.97. The van der Waals surface area contributed by atoms with Crippen LogP contribution in [-0.4, -0.2) is 21.9 Å². The fourth-order valence-corrected chi connectivity index (χ4v) is 2.09. The van der Waals surface area contributed by atoms with Crippen molar-refractivity contribution in [2.75, 3.05) is 11.9 Å². The number of nitrogens with zero attached hydrogens (tertiary/aromatic N) is 2. The van der Waals surface area contributed by atoms with Gasteiger partial charge in [-0.2, -0.15) is 0 Å². The van der Waals surface area contributed by atoms with Gasteiger partial charge in [0, 0.05) is 23.8 Å². The van der Waals surface area contributed by atoms with Gasteiger partial charge in [-0.05, 0) is 31.7 Å². The molecule has 1 saturated carbocycles. The van der Waals surface area contributed by atoms with E-state index in [-0.39, 0.29) is 0 Å². The molecule has 0 aliphatic heterocycles. The molecular weight excluding hydrogens is 198 g/mol. The second-order valence-corrected chi connectivity index (χ2v) is 4.45. The van der Waals surface area contributed by atoms with Gasteiger partial charge >= 0.3 is 0 Å². The van der Waals surface area contributed by atoms with Crippen LogP contribution in [0, 0.1) is 12.8 Å². The number of alkyl halides is 1. The molecule has 1 heterocycles. The molecule has 0 unspecified atom stereocenters. The minimum Gasteiger partial charge on any atom is -0.354 e. The predicted molar refractivity (Wildman–Crippen MR) is 57.6 cm³/mol. The van der Waals surface area contributed by atoms with Crippen LogP contribution in [0.15, 0.2) is 12.3 Å². The maximum atomic E-state index is 5.89. The molecule has 2 rings (SSSR count). The average molecular weight is 212 g/mol. The molecule has 4 heteroatoms. The average Bonchev–Trinajstić information content (AvgIpc) is 2.11. The second-order valence-electron chi connectivity index (χ2n) is 3.84. The lowest BCUT2D eigenvalue weighted by atomic mass is 9.85. The number of hydrogen-bond donors (Lipinski definition) is 1. The van der Waals surface area contributed by atoms with E-state index in [0.717, 1.165) is 31.0 Å². The van der Waals surface area contributed by atoms with Gasteiger partial charge in [-0.25, -0.2) is 9.97 Å². The van der Waals surface area contributed by atoms with Crippen molar-refractivity contribution in [3.8, 4) is 0 Å². The molecule has 1 N–H and O–H groups in total. The van der Waals surface area contributed by atoms with Crippen LogP contribution in [0.4, 0.5) is 5.95 Å². The molecule has 1 aliphatic carbocycles. The van der Waals surface area contributed by atoms with E-state index >= 15 is 0 Å². The molecule has 0 aromatic carbocycles. The number of aryl methyl sites for hydroxylation is 1. The lowest BCUT2D eigenvalue weighted by Crippen LogP contribution is -2.30. The summed E-state index contributed by atoms with van der Waals surface area (Å²) in [6.45, 7) is 2.90. The molecule has 0 radical (unpaired) electrons. The van der Waals surface area contributed by atoms with Gasteiger partial charge in [0.1, 0.15) is 0 Å². The van der Waals surface area contributed by atoms with Gasteiger partial charge in [0.2, 0.25) is 5.95 Å². The summed E-state index contributed by atoms with van der Waals surface area (Å²) >= 11 is 5.89. The topological polar surface area (TPSA) is 37.8 Å². The minimum atomic E-state index is 0.389. The molecular formula is C10H14ClN3. The van der Waals surface area contributed by atoms with E-state index in [1.165, 1.54) is 0 Å². The Kier molecular flexibility index (Phi) is 2.87. The third-order valence-corrected chi connectivity index (χ3v) is 2.88. The molecule has 0 amide bonds. The summed E-state index contributed by atoms with van der Waals surface area (Å²) in [7, 11) is 0. The van der Waals surface area contributed by atoms with Gasteiger partial charge in [0.25, 0.3) is 0 Å². The fourth-order valence-electron chi connectivity index (χ4n) is 1.59. The summed E-state index contributed by atoms with van der Waals surface area (Å²) in [5.74, 6) is 1.42. The molecule has 1 aromatic heterocycles. The van der Waals surface area contributed by atoms with E-state index < -0.39 is 0 Å². The summed E-state index contributed by atoms with van der Waals surface area (Å²) in [6, 6.07) is 1.89. The molecule has 76 valence electrons. The van der Waals surface area contributed by atoms with E-state index in [1.807, 2.05) is 13.0 Å². The number of aromatic nitrogens is 2. The van der Waals surface area contributed by atoms with E-state index in [1.54, 1.807) is 6.20 Å². The Morgan fingerprint density at radius 3 is 3.00 bits per heavy atom. The van der Waals surface area contributed by atoms with Gasteiger partial charge in [-0.15, -0.1) is 11.6 Å². The standard InChI is InChI=1S/C10H14ClN3/c1-7-2-3-12-10(14-7)13-6-8-4-9(11)5-8/h2-3,8-9H,4-6H2,1H3,(H,12,13,14). The third kappa shape index (κ3) is 2.35. The third-order valence-electron chi connectivity index (χ3n) is 2.52. The maximum absolute atomic E-state index is 5.89. The SMILES string of the molecule is Cc1ccnc(NCC2CC(Cl)C2)n1. The largest absolute Gasteiger partial charge is 0.354 e. The van der Waals surface area contributed by atoms with E-state index in [4.69, 9.17) is 11.6 Å². The Bertz CT molecular complexity index is 310. The van der Waals surface area contributed by atoms with E-state index in [2.05, 4.69) is 15.3 Å². The molecule has 0 atom stereocenters. The fraction of sp³-hybridized carbons (Fsp3) is 0.600. The minimum absolute atomic E-state index is 0.389. The highest BCUT2D eigenvalue weighted by Crippen LogP contribution is 2.31. The number of nitrogens with one attached hydrogen (secondary N) is 1. The smallest absolute Gasteiger partial charge is 0.222 e. The van der Waals surface area contributed by atoms with Crippen molar-refractivity contribution in [3.05, 3.63) is 18.0 Å². The van der Waals surface area contributed by atoms with Crippen molar-refractivity contribution in [1.29, 1.82) is 0 Å².